The number of primary amides is 1. The number of aliphatic hydroxyl groups is 1. The molecule has 3 aromatic carbocycles. The lowest BCUT2D eigenvalue weighted by Crippen LogP contribution is -2.52. The van der Waals surface area contributed by atoms with E-state index in [1.807, 2.05) is 36.4 Å². The van der Waals surface area contributed by atoms with Gasteiger partial charge >= 0.3 is 0 Å². The molecule has 0 aliphatic heterocycles. The lowest BCUT2D eigenvalue weighted by molar-refractivity contribution is -0.146. The number of nitrogens with one attached hydrogen (secondary N) is 2. The molecule has 3 atom stereocenters. The molecule has 3 aromatic rings. The van der Waals surface area contributed by atoms with Gasteiger partial charge in [0.1, 0.15) is 24.5 Å². The Morgan fingerprint density at radius 2 is 1.33 bits per heavy atom. The quantitative estimate of drug-likeness (QED) is 0.191. The number of ether oxygens (including phenoxy) is 1. The fourth-order valence-electron chi connectivity index (χ4n) is 3.66. The van der Waals surface area contributed by atoms with Gasteiger partial charge in [0, 0.05) is 6.42 Å². The second kappa shape index (κ2) is 13.0. The Morgan fingerprint density at radius 3 is 1.89 bits per heavy atom. The van der Waals surface area contributed by atoms with E-state index >= 15 is 0 Å². The number of benzene rings is 3. The Kier molecular flexibility index (Phi) is 9.56. The van der Waals surface area contributed by atoms with E-state index in [9.17, 15) is 19.5 Å². The first-order valence-electron chi connectivity index (χ1n) is 11.4. The van der Waals surface area contributed by atoms with Gasteiger partial charge in [0.25, 0.3) is 5.91 Å². The minimum absolute atomic E-state index is 0.0454. The SMILES string of the molecule is NC(=O)[C@H](Cc1ccccc1)NC(=O)[C@H](Cc1ccc(OCc2ccccc2)cc1)[C@H](O)C(=O)NO. The standard InChI is InChI=1S/C27H29N3O6/c28-25(32)23(16-18-7-3-1-4-8-18)29-26(33)22(24(31)27(34)30-35)15-19-11-13-21(14-12-19)36-17-20-9-5-2-6-10-20/h1-14,22-24,31,35H,15-17H2,(H2,28,32)(H,29,33)(H,30,34)/t22-,23+,24+/m1/s1. The monoisotopic (exact) mass is 491 g/mol. The van der Waals surface area contributed by atoms with Gasteiger partial charge in [-0.25, -0.2) is 5.48 Å². The fourth-order valence-corrected chi connectivity index (χ4v) is 3.66. The molecule has 0 heterocycles. The van der Waals surface area contributed by atoms with Crippen LogP contribution >= 0.6 is 0 Å². The second-order valence-electron chi connectivity index (χ2n) is 8.30. The maximum absolute atomic E-state index is 13.1. The number of hydroxylamine groups is 1. The van der Waals surface area contributed by atoms with Crippen LogP contribution in [0.2, 0.25) is 0 Å². The highest BCUT2D eigenvalue weighted by atomic mass is 16.5. The molecule has 0 bridgehead atoms. The summed E-state index contributed by atoms with van der Waals surface area (Å²) in [6.45, 7) is 0.385. The van der Waals surface area contributed by atoms with Crippen molar-refractivity contribution in [2.75, 3.05) is 0 Å². The molecule has 3 amide bonds. The Balaban J connectivity index is 1.70. The van der Waals surface area contributed by atoms with Crippen molar-refractivity contribution in [2.24, 2.45) is 11.7 Å². The first kappa shape index (κ1) is 26.4. The van der Waals surface area contributed by atoms with Crippen molar-refractivity contribution in [3.63, 3.8) is 0 Å². The van der Waals surface area contributed by atoms with Crippen LogP contribution in [0.3, 0.4) is 0 Å². The van der Waals surface area contributed by atoms with Crippen LogP contribution in [-0.4, -0.2) is 40.2 Å². The summed E-state index contributed by atoms with van der Waals surface area (Å²) in [4.78, 5) is 37.0. The lowest BCUT2D eigenvalue weighted by atomic mass is 9.91. The number of nitrogens with two attached hydrogens (primary N) is 1. The summed E-state index contributed by atoms with van der Waals surface area (Å²) in [6, 6.07) is 24.4. The van der Waals surface area contributed by atoms with Crippen LogP contribution in [0.4, 0.5) is 0 Å². The maximum atomic E-state index is 13.1. The molecule has 6 N–H and O–H groups in total. The van der Waals surface area contributed by atoms with Crippen molar-refractivity contribution in [1.82, 2.24) is 10.8 Å². The normalized spacial score (nSPS) is 13.2. The summed E-state index contributed by atoms with van der Waals surface area (Å²) >= 11 is 0. The average Bonchev–Trinajstić information content (AvgIpc) is 2.91. The largest absolute Gasteiger partial charge is 0.489 e. The van der Waals surface area contributed by atoms with Gasteiger partial charge in [-0.05, 0) is 35.2 Å². The molecular formula is C27H29N3O6. The van der Waals surface area contributed by atoms with Crippen molar-refractivity contribution in [3.8, 4) is 5.75 Å². The van der Waals surface area contributed by atoms with Crippen LogP contribution < -0.4 is 21.3 Å². The molecule has 0 unspecified atom stereocenters. The molecule has 36 heavy (non-hydrogen) atoms. The predicted octanol–water partition coefficient (Wildman–Crippen LogP) is 1.50. The molecule has 0 saturated carbocycles. The van der Waals surface area contributed by atoms with Crippen molar-refractivity contribution >= 4 is 17.7 Å². The molecule has 9 nitrogen and oxygen atoms in total. The fraction of sp³-hybridized carbons (Fsp3) is 0.222. The lowest BCUT2D eigenvalue weighted by Gasteiger charge is -2.24. The van der Waals surface area contributed by atoms with Crippen LogP contribution in [0.15, 0.2) is 84.9 Å². The maximum Gasteiger partial charge on any atom is 0.272 e. The summed E-state index contributed by atoms with van der Waals surface area (Å²) in [7, 11) is 0. The van der Waals surface area contributed by atoms with Gasteiger partial charge < -0.3 is 20.9 Å². The van der Waals surface area contributed by atoms with E-state index < -0.39 is 35.8 Å². The molecule has 0 aliphatic carbocycles. The molecule has 0 saturated heterocycles. The number of aliphatic hydroxyl groups excluding tert-OH is 1. The van der Waals surface area contributed by atoms with Crippen LogP contribution in [-0.2, 0) is 33.8 Å². The van der Waals surface area contributed by atoms with Gasteiger partial charge in [-0.3, -0.25) is 19.6 Å². The molecule has 0 aliphatic rings. The molecule has 0 aromatic heterocycles. The first-order chi connectivity index (χ1) is 17.4. The minimum atomic E-state index is -1.87. The summed E-state index contributed by atoms with van der Waals surface area (Å²) in [5.41, 5.74) is 9.26. The van der Waals surface area contributed by atoms with Crippen LogP contribution in [0, 0.1) is 5.92 Å². The molecular weight excluding hydrogens is 462 g/mol. The number of carbonyl (C=O) groups excluding carboxylic acids is 3. The van der Waals surface area contributed by atoms with Crippen molar-refractivity contribution < 1.29 is 29.4 Å². The van der Waals surface area contributed by atoms with Gasteiger partial charge in [0.2, 0.25) is 11.8 Å². The third-order valence-corrected chi connectivity index (χ3v) is 5.67. The second-order valence-corrected chi connectivity index (χ2v) is 8.30. The number of hydrogen-bond donors (Lipinski definition) is 5. The Morgan fingerprint density at radius 1 is 0.778 bits per heavy atom. The zero-order valence-electron chi connectivity index (χ0n) is 19.5. The van der Waals surface area contributed by atoms with E-state index in [-0.39, 0.29) is 12.8 Å². The van der Waals surface area contributed by atoms with E-state index in [0.29, 0.717) is 17.9 Å². The van der Waals surface area contributed by atoms with Gasteiger partial charge in [-0.2, -0.15) is 0 Å². The molecule has 3 rings (SSSR count). The Hall–Kier alpha value is -4.21. The van der Waals surface area contributed by atoms with Crippen LogP contribution in [0.25, 0.3) is 0 Å². The highest BCUT2D eigenvalue weighted by Crippen LogP contribution is 2.19. The third kappa shape index (κ3) is 7.66. The highest BCUT2D eigenvalue weighted by molar-refractivity contribution is 5.92. The zero-order chi connectivity index (χ0) is 25.9. The molecule has 188 valence electrons. The summed E-state index contributed by atoms with van der Waals surface area (Å²) in [5, 5.41) is 22.0. The van der Waals surface area contributed by atoms with Crippen molar-refractivity contribution in [1.29, 1.82) is 0 Å². The Bertz CT molecular complexity index is 1140. The van der Waals surface area contributed by atoms with Gasteiger partial charge in [0.05, 0.1) is 5.92 Å². The third-order valence-electron chi connectivity index (χ3n) is 5.67. The van der Waals surface area contributed by atoms with E-state index in [2.05, 4.69) is 5.32 Å². The Labute approximate surface area is 208 Å². The van der Waals surface area contributed by atoms with Crippen LogP contribution in [0.5, 0.6) is 5.75 Å². The molecule has 0 spiro atoms. The molecule has 0 radical (unpaired) electrons. The van der Waals surface area contributed by atoms with Gasteiger partial charge in [0.15, 0.2) is 0 Å². The smallest absolute Gasteiger partial charge is 0.272 e. The van der Waals surface area contributed by atoms with Crippen molar-refractivity contribution in [3.05, 3.63) is 102 Å². The zero-order valence-corrected chi connectivity index (χ0v) is 19.5. The van der Waals surface area contributed by atoms with E-state index in [1.165, 1.54) is 5.48 Å². The topological polar surface area (TPSA) is 151 Å². The average molecular weight is 492 g/mol. The van der Waals surface area contributed by atoms with Gasteiger partial charge in [-0.15, -0.1) is 0 Å². The van der Waals surface area contributed by atoms with E-state index in [1.54, 1.807) is 48.5 Å². The number of rotatable bonds is 12. The van der Waals surface area contributed by atoms with E-state index in [0.717, 1.165) is 11.1 Å². The number of carbonyl (C=O) groups is 3. The summed E-state index contributed by atoms with van der Waals surface area (Å²) in [6.07, 6.45) is -1.77. The number of amides is 3. The molecule has 0 fully saturated rings. The van der Waals surface area contributed by atoms with Crippen LogP contribution in [0.1, 0.15) is 16.7 Å². The first-order valence-corrected chi connectivity index (χ1v) is 11.4. The summed E-state index contributed by atoms with van der Waals surface area (Å²) < 4.78 is 5.76. The summed E-state index contributed by atoms with van der Waals surface area (Å²) in [5.74, 6) is -3.35. The van der Waals surface area contributed by atoms with Gasteiger partial charge in [-0.1, -0.05) is 72.8 Å². The minimum Gasteiger partial charge on any atom is -0.489 e. The predicted molar refractivity (Wildman–Crippen MR) is 132 cm³/mol. The number of hydrogen-bond acceptors (Lipinski definition) is 6. The van der Waals surface area contributed by atoms with E-state index in [4.69, 9.17) is 15.7 Å². The molecule has 9 heteroatoms. The highest BCUT2D eigenvalue weighted by Gasteiger charge is 2.34. The van der Waals surface area contributed by atoms with Crippen molar-refractivity contribution in [2.45, 2.75) is 31.6 Å².